The highest BCUT2D eigenvalue weighted by Crippen LogP contribution is 2.29. The van der Waals surface area contributed by atoms with E-state index in [-0.39, 0.29) is 18.2 Å². The largest absolute Gasteiger partial charge is 0.494 e. The molecule has 0 aliphatic carbocycles. The van der Waals surface area contributed by atoms with Crippen LogP contribution in [-0.4, -0.2) is 53.9 Å². The van der Waals surface area contributed by atoms with Crippen molar-refractivity contribution in [3.63, 3.8) is 0 Å². The first-order chi connectivity index (χ1) is 16.9. The minimum absolute atomic E-state index is 0.0756. The van der Waals surface area contributed by atoms with Gasteiger partial charge in [0, 0.05) is 19.2 Å². The Morgan fingerprint density at radius 1 is 1.09 bits per heavy atom. The van der Waals surface area contributed by atoms with Crippen molar-refractivity contribution in [3.8, 4) is 5.75 Å². The summed E-state index contributed by atoms with van der Waals surface area (Å²) in [5.74, 6) is -0.137. The fourth-order valence-corrected chi connectivity index (χ4v) is 4.44. The molecule has 1 aliphatic rings. The van der Waals surface area contributed by atoms with Gasteiger partial charge in [-0.05, 0) is 55.0 Å². The number of nitrogens with zero attached hydrogens (tertiary/aromatic N) is 2. The highest BCUT2D eigenvalue weighted by molar-refractivity contribution is 8.15. The number of thioether (sulfide) groups is 1. The maximum absolute atomic E-state index is 12.9. The summed E-state index contributed by atoms with van der Waals surface area (Å²) < 4.78 is 10.4. The standard InChI is InChI=1S/C26H31N3O5S/c1-4-5-6-7-16-34-21-14-12-19(13-15-21)27-24(31)22-17-23(30)29(2)26(35-22)28-20-10-8-18(9-11-20)25(32)33-3/h8-15,22H,4-7,16-17H2,1-3H3,(H,27,31). The molecule has 1 unspecified atom stereocenters. The number of benzene rings is 2. The molecule has 0 radical (unpaired) electrons. The molecule has 0 spiro atoms. The molecule has 8 nitrogen and oxygen atoms in total. The van der Waals surface area contributed by atoms with Crippen LogP contribution < -0.4 is 10.1 Å². The zero-order valence-electron chi connectivity index (χ0n) is 20.3. The smallest absolute Gasteiger partial charge is 0.337 e. The molecule has 2 aromatic carbocycles. The van der Waals surface area contributed by atoms with E-state index in [1.807, 2.05) is 12.1 Å². The van der Waals surface area contributed by atoms with Crippen molar-refractivity contribution in [2.75, 3.05) is 26.1 Å². The second-order valence-corrected chi connectivity index (χ2v) is 9.29. The van der Waals surface area contributed by atoms with Crippen LogP contribution in [0.5, 0.6) is 5.75 Å². The van der Waals surface area contributed by atoms with Crippen molar-refractivity contribution < 1.29 is 23.9 Å². The van der Waals surface area contributed by atoms with Gasteiger partial charge in [0.05, 0.1) is 25.0 Å². The summed E-state index contributed by atoms with van der Waals surface area (Å²) in [5.41, 5.74) is 1.60. The van der Waals surface area contributed by atoms with Crippen LogP contribution in [0.4, 0.5) is 11.4 Å². The number of unbranched alkanes of at least 4 members (excludes halogenated alkanes) is 3. The lowest BCUT2D eigenvalue weighted by Crippen LogP contribution is -2.43. The lowest BCUT2D eigenvalue weighted by atomic mass is 10.2. The lowest BCUT2D eigenvalue weighted by Gasteiger charge is -2.28. The fourth-order valence-electron chi connectivity index (χ4n) is 3.37. The highest BCUT2D eigenvalue weighted by Gasteiger charge is 2.34. The van der Waals surface area contributed by atoms with Crippen molar-refractivity contribution in [1.29, 1.82) is 0 Å². The van der Waals surface area contributed by atoms with Gasteiger partial charge < -0.3 is 14.8 Å². The number of anilines is 1. The predicted octanol–water partition coefficient (Wildman–Crippen LogP) is 5.02. The number of carbonyl (C=O) groups excluding carboxylic acids is 3. The zero-order chi connectivity index (χ0) is 25.2. The maximum Gasteiger partial charge on any atom is 0.337 e. The summed E-state index contributed by atoms with van der Waals surface area (Å²) in [5, 5.41) is 2.68. The summed E-state index contributed by atoms with van der Waals surface area (Å²) in [6.45, 7) is 2.85. The quantitative estimate of drug-likeness (QED) is 0.366. The number of hydrogen-bond donors (Lipinski definition) is 1. The minimum Gasteiger partial charge on any atom is -0.494 e. The summed E-state index contributed by atoms with van der Waals surface area (Å²) in [6, 6.07) is 13.8. The average Bonchev–Trinajstić information content (AvgIpc) is 2.87. The van der Waals surface area contributed by atoms with Gasteiger partial charge in [-0.1, -0.05) is 37.9 Å². The molecule has 35 heavy (non-hydrogen) atoms. The van der Waals surface area contributed by atoms with Crippen LogP contribution in [0.2, 0.25) is 0 Å². The van der Waals surface area contributed by atoms with Gasteiger partial charge in [-0.3, -0.25) is 14.5 Å². The first kappa shape index (κ1) is 26.3. The normalized spacial score (nSPS) is 16.8. The molecule has 1 atom stereocenters. The Hall–Kier alpha value is -3.33. The monoisotopic (exact) mass is 497 g/mol. The average molecular weight is 498 g/mol. The third-order valence-electron chi connectivity index (χ3n) is 5.46. The molecular weight excluding hydrogens is 466 g/mol. The number of methoxy groups -OCH3 is 1. The fraction of sp³-hybridized carbons (Fsp3) is 0.385. The van der Waals surface area contributed by atoms with E-state index >= 15 is 0 Å². The SMILES string of the molecule is CCCCCCOc1ccc(NC(=O)C2CC(=O)N(C)C(=Nc3ccc(C(=O)OC)cc3)S2)cc1. The first-order valence-electron chi connectivity index (χ1n) is 11.6. The van der Waals surface area contributed by atoms with Crippen LogP contribution in [0.3, 0.4) is 0 Å². The van der Waals surface area contributed by atoms with Crippen LogP contribution >= 0.6 is 11.8 Å². The molecule has 0 saturated carbocycles. The molecule has 9 heteroatoms. The zero-order valence-corrected chi connectivity index (χ0v) is 21.1. The van der Waals surface area contributed by atoms with Gasteiger partial charge in [-0.15, -0.1) is 0 Å². The second-order valence-electron chi connectivity index (χ2n) is 8.12. The van der Waals surface area contributed by atoms with Crippen LogP contribution in [0.15, 0.2) is 53.5 Å². The van der Waals surface area contributed by atoms with E-state index in [1.54, 1.807) is 43.4 Å². The van der Waals surface area contributed by atoms with Gasteiger partial charge in [0.2, 0.25) is 11.8 Å². The van der Waals surface area contributed by atoms with E-state index in [4.69, 9.17) is 9.47 Å². The number of amidine groups is 1. The Labute approximate surface area is 210 Å². The molecule has 2 amide bonds. The molecular formula is C26H31N3O5S. The molecule has 1 heterocycles. The van der Waals surface area contributed by atoms with E-state index in [0.717, 1.165) is 18.6 Å². The van der Waals surface area contributed by atoms with Gasteiger partial charge in [0.15, 0.2) is 5.17 Å². The van der Waals surface area contributed by atoms with Crippen molar-refractivity contribution in [2.24, 2.45) is 4.99 Å². The number of ether oxygens (including phenoxy) is 2. The number of aliphatic imine (C=N–C) groups is 1. The Morgan fingerprint density at radius 2 is 1.80 bits per heavy atom. The lowest BCUT2D eigenvalue weighted by molar-refractivity contribution is -0.128. The molecule has 1 N–H and O–H groups in total. The van der Waals surface area contributed by atoms with Crippen molar-refractivity contribution in [2.45, 2.75) is 44.3 Å². The summed E-state index contributed by atoms with van der Waals surface area (Å²) in [6.07, 6.45) is 4.65. The summed E-state index contributed by atoms with van der Waals surface area (Å²) in [7, 11) is 2.95. The van der Waals surface area contributed by atoms with Crippen molar-refractivity contribution in [1.82, 2.24) is 4.90 Å². The Balaban J connectivity index is 1.60. The Bertz CT molecular complexity index is 1050. The van der Waals surface area contributed by atoms with E-state index in [2.05, 4.69) is 17.2 Å². The molecule has 0 bridgehead atoms. The number of amides is 2. The molecule has 0 aromatic heterocycles. The van der Waals surface area contributed by atoms with Crippen LogP contribution in [0.1, 0.15) is 49.4 Å². The van der Waals surface area contributed by atoms with Crippen LogP contribution in [0, 0.1) is 0 Å². The molecule has 1 aliphatic heterocycles. The maximum atomic E-state index is 12.9. The molecule has 1 fully saturated rings. The second kappa shape index (κ2) is 12.9. The number of hydrogen-bond acceptors (Lipinski definition) is 7. The third kappa shape index (κ3) is 7.58. The van der Waals surface area contributed by atoms with E-state index in [0.29, 0.717) is 28.7 Å². The number of carbonyl (C=O) groups is 3. The van der Waals surface area contributed by atoms with E-state index in [1.165, 1.54) is 36.6 Å². The van der Waals surface area contributed by atoms with Crippen molar-refractivity contribution in [3.05, 3.63) is 54.1 Å². The van der Waals surface area contributed by atoms with Gasteiger partial charge in [0.25, 0.3) is 0 Å². The van der Waals surface area contributed by atoms with Crippen LogP contribution in [0.25, 0.3) is 0 Å². The van der Waals surface area contributed by atoms with Gasteiger partial charge in [-0.2, -0.15) is 0 Å². The third-order valence-corrected chi connectivity index (χ3v) is 6.70. The topological polar surface area (TPSA) is 97.3 Å². The first-order valence-corrected chi connectivity index (χ1v) is 12.5. The van der Waals surface area contributed by atoms with Gasteiger partial charge >= 0.3 is 5.97 Å². The number of esters is 1. The minimum atomic E-state index is -0.610. The molecule has 186 valence electrons. The predicted molar refractivity (Wildman–Crippen MR) is 138 cm³/mol. The Kier molecular flexibility index (Phi) is 9.72. The summed E-state index contributed by atoms with van der Waals surface area (Å²) in [4.78, 5) is 43.0. The molecule has 2 aromatic rings. The van der Waals surface area contributed by atoms with Gasteiger partial charge in [0.1, 0.15) is 11.0 Å². The Morgan fingerprint density at radius 3 is 2.46 bits per heavy atom. The van der Waals surface area contributed by atoms with E-state index in [9.17, 15) is 14.4 Å². The van der Waals surface area contributed by atoms with Gasteiger partial charge in [-0.25, -0.2) is 9.79 Å². The van der Waals surface area contributed by atoms with Crippen molar-refractivity contribution >= 4 is 46.1 Å². The highest BCUT2D eigenvalue weighted by atomic mass is 32.2. The summed E-state index contributed by atoms with van der Waals surface area (Å²) >= 11 is 1.23. The van der Waals surface area contributed by atoms with Crippen LogP contribution in [-0.2, 0) is 14.3 Å². The number of rotatable bonds is 10. The van der Waals surface area contributed by atoms with E-state index < -0.39 is 11.2 Å². The molecule has 3 rings (SSSR count). The molecule has 1 saturated heterocycles. The number of nitrogens with one attached hydrogen (secondary N) is 1.